The third kappa shape index (κ3) is 2.42. The normalized spacial score (nSPS) is 18.9. The first-order chi connectivity index (χ1) is 9.59. The van der Waals surface area contributed by atoms with E-state index in [2.05, 4.69) is 11.0 Å². The molecule has 1 aliphatic heterocycles. The highest BCUT2D eigenvalue weighted by atomic mass is 32.2. The summed E-state index contributed by atoms with van der Waals surface area (Å²) in [6.07, 6.45) is 3.87. The van der Waals surface area contributed by atoms with E-state index >= 15 is 0 Å². The van der Waals surface area contributed by atoms with Gasteiger partial charge < -0.3 is 4.40 Å². The van der Waals surface area contributed by atoms with E-state index in [-0.39, 0.29) is 11.5 Å². The Labute approximate surface area is 118 Å². The molecule has 3 heterocycles. The molecule has 0 aromatic carbocycles. The number of nitrogens with zero attached hydrogens (tertiary/aromatic N) is 3. The zero-order chi connectivity index (χ0) is 14.2. The number of hydrogen-bond donors (Lipinski definition) is 0. The predicted molar refractivity (Wildman–Crippen MR) is 76.0 cm³/mol. The minimum Gasteiger partial charge on any atom is -0.322 e. The Morgan fingerprint density at radius 2 is 2.00 bits per heavy atom. The van der Waals surface area contributed by atoms with Gasteiger partial charge in [0, 0.05) is 37.6 Å². The van der Waals surface area contributed by atoms with Gasteiger partial charge in [0.25, 0.3) is 0 Å². The summed E-state index contributed by atoms with van der Waals surface area (Å²) < 4.78 is 24.8. The van der Waals surface area contributed by atoms with Crippen LogP contribution in [0.25, 0.3) is 5.52 Å². The van der Waals surface area contributed by atoms with Gasteiger partial charge in [-0.05, 0) is 12.1 Å². The summed E-state index contributed by atoms with van der Waals surface area (Å²) in [6, 6.07) is 8.01. The lowest BCUT2D eigenvalue weighted by Gasteiger charge is -2.26. The molecule has 0 bridgehead atoms. The molecule has 5 nitrogen and oxygen atoms in total. The molecule has 0 aliphatic carbocycles. The van der Waals surface area contributed by atoms with Crippen LogP contribution in [0.15, 0.2) is 30.6 Å². The van der Waals surface area contributed by atoms with Gasteiger partial charge in [-0.25, -0.2) is 8.42 Å². The van der Waals surface area contributed by atoms with E-state index < -0.39 is 9.84 Å². The molecule has 0 amide bonds. The fourth-order valence-electron chi connectivity index (χ4n) is 2.58. The lowest BCUT2D eigenvalue weighted by atomic mass is 10.1. The summed E-state index contributed by atoms with van der Waals surface area (Å²) in [7, 11) is -2.86. The highest BCUT2D eigenvalue weighted by molar-refractivity contribution is 7.91. The van der Waals surface area contributed by atoms with Crippen LogP contribution in [0.2, 0.25) is 0 Å². The number of sulfone groups is 1. The van der Waals surface area contributed by atoms with Crippen molar-refractivity contribution in [2.24, 2.45) is 0 Å². The topological polar surface area (TPSA) is 65.6 Å². The van der Waals surface area contributed by atoms with Crippen molar-refractivity contribution in [3.8, 4) is 6.07 Å². The maximum absolute atomic E-state index is 11.4. The second kappa shape index (κ2) is 4.93. The van der Waals surface area contributed by atoms with Gasteiger partial charge in [-0.2, -0.15) is 5.26 Å². The molecule has 0 saturated carbocycles. The van der Waals surface area contributed by atoms with Crippen LogP contribution in [0, 0.1) is 11.3 Å². The van der Waals surface area contributed by atoms with Gasteiger partial charge in [-0.15, -0.1) is 0 Å². The molecule has 20 heavy (non-hydrogen) atoms. The van der Waals surface area contributed by atoms with Crippen molar-refractivity contribution in [3.63, 3.8) is 0 Å². The van der Waals surface area contributed by atoms with Crippen LogP contribution in [0.1, 0.15) is 11.1 Å². The summed E-state index contributed by atoms with van der Waals surface area (Å²) in [4.78, 5) is 2.09. The quantitative estimate of drug-likeness (QED) is 0.828. The van der Waals surface area contributed by atoms with Crippen LogP contribution in [0.3, 0.4) is 0 Å². The Kier molecular flexibility index (Phi) is 3.24. The predicted octanol–water partition coefficient (Wildman–Crippen LogP) is 1.04. The summed E-state index contributed by atoms with van der Waals surface area (Å²) >= 11 is 0. The lowest BCUT2D eigenvalue weighted by molar-refractivity contribution is 0.287. The van der Waals surface area contributed by atoms with E-state index in [4.69, 9.17) is 0 Å². The average molecular weight is 289 g/mol. The molecule has 0 spiro atoms. The van der Waals surface area contributed by atoms with Gasteiger partial charge in [0.2, 0.25) is 0 Å². The molecule has 2 aromatic heterocycles. The Morgan fingerprint density at radius 3 is 2.70 bits per heavy atom. The second-order valence-corrected chi connectivity index (χ2v) is 7.37. The van der Waals surface area contributed by atoms with Gasteiger partial charge in [0.1, 0.15) is 6.07 Å². The maximum atomic E-state index is 11.4. The van der Waals surface area contributed by atoms with Gasteiger partial charge >= 0.3 is 0 Å². The molecule has 0 atom stereocenters. The van der Waals surface area contributed by atoms with E-state index in [0.717, 1.165) is 11.1 Å². The third-order valence-corrected chi connectivity index (χ3v) is 5.31. The molecule has 0 radical (unpaired) electrons. The van der Waals surface area contributed by atoms with Crippen molar-refractivity contribution in [1.82, 2.24) is 9.30 Å². The monoisotopic (exact) mass is 289 g/mol. The summed E-state index contributed by atoms with van der Waals surface area (Å²) in [5.74, 6) is 0.421. The Hall–Kier alpha value is -1.84. The highest BCUT2D eigenvalue weighted by Gasteiger charge is 2.22. The van der Waals surface area contributed by atoms with Crippen LogP contribution in [-0.2, 0) is 16.4 Å². The Bertz CT molecular complexity index is 772. The first-order valence-corrected chi connectivity index (χ1v) is 8.33. The molecular formula is C14H15N3O2S. The summed E-state index contributed by atoms with van der Waals surface area (Å²) in [5, 5.41) is 9.34. The van der Waals surface area contributed by atoms with E-state index in [9.17, 15) is 13.7 Å². The van der Waals surface area contributed by atoms with Crippen molar-refractivity contribution in [1.29, 1.82) is 5.26 Å². The van der Waals surface area contributed by atoms with Crippen LogP contribution in [-0.4, -0.2) is 42.3 Å². The molecule has 104 valence electrons. The number of pyridine rings is 1. The fraction of sp³-hybridized carbons (Fsp3) is 0.357. The van der Waals surface area contributed by atoms with Gasteiger partial charge in [-0.3, -0.25) is 4.90 Å². The Morgan fingerprint density at radius 1 is 1.25 bits per heavy atom. The summed E-state index contributed by atoms with van der Waals surface area (Å²) in [5.41, 5.74) is 2.53. The second-order valence-electron chi connectivity index (χ2n) is 5.06. The molecule has 0 N–H and O–H groups in total. The first kappa shape index (κ1) is 13.2. The number of aromatic nitrogens is 1. The SMILES string of the molecule is N#Cc1c(CN2CCS(=O)(=O)CC2)cn2ccccc12. The zero-order valence-electron chi connectivity index (χ0n) is 11.0. The van der Waals surface area contributed by atoms with Crippen LogP contribution in [0.5, 0.6) is 0 Å². The van der Waals surface area contributed by atoms with Crippen molar-refractivity contribution in [2.75, 3.05) is 24.6 Å². The van der Waals surface area contributed by atoms with Crippen LogP contribution >= 0.6 is 0 Å². The van der Waals surface area contributed by atoms with Crippen molar-refractivity contribution < 1.29 is 8.42 Å². The van der Waals surface area contributed by atoms with Gasteiger partial charge in [0.05, 0.1) is 22.6 Å². The zero-order valence-corrected chi connectivity index (χ0v) is 11.8. The standard InChI is InChI=1S/C14H15N3O2S/c15-9-13-12(11-17-4-2-1-3-14(13)17)10-16-5-7-20(18,19)8-6-16/h1-4,11H,5-8,10H2. The number of fused-ring (bicyclic) bond motifs is 1. The minimum absolute atomic E-state index is 0.211. The minimum atomic E-state index is -2.86. The largest absolute Gasteiger partial charge is 0.322 e. The van der Waals surface area contributed by atoms with E-state index in [1.54, 1.807) is 0 Å². The fourth-order valence-corrected chi connectivity index (χ4v) is 3.85. The number of rotatable bonds is 2. The van der Waals surface area contributed by atoms with E-state index in [0.29, 0.717) is 25.2 Å². The average Bonchev–Trinajstić information content (AvgIpc) is 2.78. The van der Waals surface area contributed by atoms with Gasteiger partial charge in [-0.1, -0.05) is 6.07 Å². The van der Waals surface area contributed by atoms with Crippen molar-refractivity contribution >= 4 is 15.4 Å². The smallest absolute Gasteiger partial charge is 0.152 e. The number of hydrogen-bond acceptors (Lipinski definition) is 4. The molecular weight excluding hydrogens is 274 g/mol. The van der Waals surface area contributed by atoms with E-state index in [1.807, 2.05) is 35.0 Å². The molecule has 3 rings (SSSR count). The van der Waals surface area contributed by atoms with Crippen molar-refractivity contribution in [3.05, 3.63) is 41.7 Å². The highest BCUT2D eigenvalue weighted by Crippen LogP contribution is 2.20. The van der Waals surface area contributed by atoms with Gasteiger partial charge in [0.15, 0.2) is 9.84 Å². The van der Waals surface area contributed by atoms with Crippen LogP contribution in [0.4, 0.5) is 0 Å². The Balaban J connectivity index is 1.87. The molecule has 2 aromatic rings. The molecule has 1 saturated heterocycles. The molecule has 6 heteroatoms. The van der Waals surface area contributed by atoms with E-state index in [1.165, 1.54) is 0 Å². The third-order valence-electron chi connectivity index (χ3n) is 3.71. The first-order valence-electron chi connectivity index (χ1n) is 6.50. The molecule has 1 aliphatic rings. The maximum Gasteiger partial charge on any atom is 0.152 e. The lowest BCUT2D eigenvalue weighted by Crippen LogP contribution is -2.39. The van der Waals surface area contributed by atoms with Crippen molar-refractivity contribution in [2.45, 2.75) is 6.54 Å². The van der Waals surface area contributed by atoms with Crippen LogP contribution < -0.4 is 0 Å². The molecule has 0 unspecified atom stereocenters. The molecule has 1 fully saturated rings. The number of nitriles is 1. The summed E-state index contributed by atoms with van der Waals surface area (Å²) in [6.45, 7) is 1.71.